The van der Waals surface area contributed by atoms with Crippen LogP contribution in [0.2, 0.25) is 0 Å². The minimum Gasteiger partial charge on any atom is -0.494 e. The second-order valence-electron chi connectivity index (χ2n) is 5.32. The van der Waals surface area contributed by atoms with E-state index in [2.05, 4.69) is 24.4 Å². The van der Waals surface area contributed by atoms with Crippen molar-refractivity contribution in [2.75, 3.05) is 18.1 Å². The van der Waals surface area contributed by atoms with Crippen molar-refractivity contribution in [3.63, 3.8) is 0 Å². The first kappa shape index (κ1) is 15.3. The fourth-order valence-corrected chi connectivity index (χ4v) is 4.02. The van der Waals surface area contributed by atoms with Crippen LogP contribution in [0, 0.1) is 0 Å². The van der Waals surface area contributed by atoms with Crippen LogP contribution in [0.25, 0.3) is 0 Å². The van der Waals surface area contributed by atoms with Gasteiger partial charge in [-0.2, -0.15) is 0 Å². The molecule has 0 amide bonds. The third-order valence-electron chi connectivity index (χ3n) is 3.73. The predicted octanol–water partition coefficient (Wildman–Crippen LogP) is 2.31. The Labute approximate surface area is 121 Å². The molecular formula is C15H23NO3S. The van der Waals surface area contributed by atoms with E-state index in [9.17, 15) is 8.42 Å². The molecule has 0 aromatic heterocycles. The van der Waals surface area contributed by atoms with Crippen LogP contribution in [0.5, 0.6) is 5.75 Å². The Morgan fingerprint density at radius 2 is 1.85 bits per heavy atom. The Morgan fingerprint density at radius 1 is 1.25 bits per heavy atom. The summed E-state index contributed by atoms with van der Waals surface area (Å²) in [7, 11) is -2.78. The van der Waals surface area contributed by atoms with Crippen LogP contribution in [0.1, 0.15) is 38.3 Å². The highest BCUT2D eigenvalue weighted by Gasteiger charge is 2.24. The van der Waals surface area contributed by atoms with Crippen LogP contribution in [-0.2, 0) is 9.84 Å². The molecule has 1 saturated heterocycles. The number of benzene rings is 1. The lowest BCUT2D eigenvalue weighted by molar-refractivity contribution is 0.340. The van der Waals surface area contributed by atoms with Gasteiger partial charge in [-0.05, 0) is 44.4 Å². The van der Waals surface area contributed by atoms with Crippen molar-refractivity contribution in [3.05, 3.63) is 29.8 Å². The summed E-state index contributed by atoms with van der Waals surface area (Å²) in [5.74, 6) is 1.49. The van der Waals surface area contributed by atoms with E-state index in [-0.39, 0.29) is 6.04 Å². The zero-order chi connectivity index (χ0) is 14.6. The molecule has 1 heterocycles. The predicted molar refractivity (Wildman–Crippen MR) is 80.8 cm³/mol. The Hall–Kier alpha value is -1.07. The molecule has 1 aliphatic rings. The van der Waals surface area contributed by atoms with Crippen molar-refractivity contribution >= 4 is 9.84 Å². The summed E-state index contributed by atoms with van der Waals surface area (Å²) in [5.41, 5.74) is 1.20. The lowest BCUT2D eigenvalue weighted by Crippen LogP contribution is -2.38. The summed E-state index contributed by atoms with van der Waals surface area (Å²) in [4.78, 5) is 0. The number of ether oxygens (including phenoxy) is 1. The maximum absolute atomic E-state index is 11.4. The molecule has 20 heavy (non-hydrogen) atoms. The highest BCUT2D eigenvalue weighted by molar-refractivity contribution is 7.91. The van der Waals surface area contributed by atoms with E-state index in [1.54, 1.807) is 0 Å². The topological polar surface area (TPSA) is 55.4 Å². The Bertz CT molecular complexity index is 511. The molecule has 1 aliphatic heterocycles. The standard InChI is InChI=1S/C15H23NO3S/c1-3-19-15-6-4-13(5-7-15)12(2)16-14-8-10-20(17,18)11-9-14/h4-7,12,14,16H,3,8-11H2,1-2H3. The summed E-state index contributed by atoms with van der Waals surface area (Å²) in [6.45, 7) is 4.75. The van der Waals surface area contributed by atoms with Crippen molar-refractivity contribution in [1.29, 1.82) is 0 Å². The molecular weight excluding hydrogens is 274 g/mol. The quantitative estimate of drug-likeness (QED) is 0.906. The van der Waals surface area contributed by atoms with Gasteiger partial charge in [-0.1, -0.05) is 12.1 Å². The summed E-state index contributed by atoms with van der Waals surface area (Å²) in [6, 6.07) is 8.58. The van der Waals surface area contributed by atoms with E-state index in [0.717, 1.165) is 5.75 Å². The Morgan fingerprint density at radius 3 is 2.40 bits per heavy atom. The second-order valence-corrected chi connectivity index (χ2v) is 7.62. The molecule has 0 spiro atoms. The molecule has 2 rings (SSSR count). The van der Waals surface area contributed by atoms with Gasteiger partial charge >= 0.3 is 0 Å². The fourth-order valence-electron chi connectivity index (χ4n) is 2.53. The van der Waals surface area contributed by atoms with Gasteiger partial charge in [0.15, 0.2) is 0 Å². The Kier molecular flexibility index (Phi) is 5.05. The maximum Gasteiger partial charge on any atom is 0.150 e. The molecule has 1 unspecified atom stereocenters. The van der Waals surface area contributed by atoms with E-state index >= 15 is 0 Å². The van der Waals surface area contributed by atoms with Crippen molar-refractivity contribution in [2.45, 2.75) is 38.8 Å². The first-order valence-corrected chi connectivity index (χ1v) is 9.01. The number of hydrogen-bond acceptors (Lipinski definition) is 4. The van der Waals surface area contributed by atoms with Crippen LogP contribution < -0.4 is 10.1 Å². The van der Waals surface area contributed by atoms with Crippen LogP contribution >= 0.6 is 0 Å². The van der Waals surface area contributed by atoms with Gasteiger partial charge in [-0.3, -0.25) is 0 Å². The molecule has 1 atom stereocenters. The van der Waals surface area contributed by atoms with E-state index in [1.165, 1.54) is 5.56 Å². The van der Waals surface area contributed by atoms with Gasteiger partial charge in [-0.25, -0.2) is 8.42 Å². The summed E-state index contributed by atoms with van der Waals surface area (Å²) < 4.78 is 28.2. The Balaban J connectivity index is 1.90. The molecule has 5 heteroatoms. The van der Waals surface area contributed by atoms with Crippen LogP contribution in [0.15, 0.2) is 24.3 Å². The average molecular weight is 297 g/mol. The summed E-state index contributed by atoms with van der Waals surface area (Å²) in [6.07, 6.45) is 1.42. The minimum atomic E-state index is -2.78. The van der Waals surface area contributed by atoms with E-state index in [0.29, 0.717) is 37.0 Å². The van der Waals surface area contributed by atoms with E-state index in [1.807, 2.05) is 19.1 Å². The molecule has 0 aliphatic carbocycles. The number of hydrogen-bond donors (Lipinski definition) is 1. The first-order chi connectivity index (χ1) is 9.50. The molecule has 0 saturated carbocycles. The zero-order valence-electron chi connectivity index (χ0n) is 12.1. The lowest BCUT2D eigenvalue weighted by atomic mass is 10.1. The van der Waals surface area contributed by atoms with Crippen molar-refractivity contribution < 1.29 is 13.2 Å². The highest BCUT2D eigenvalue weighted by Crippen LogP contribution is 2.20. The lowest BCUT2D eigenvalue weighted by Gasteiger charge is -2.27. The maximum atomic E-state index is 11.4. The largest absolute Gasteiger partial charge is 0.494 e. The molecule has 0 bridgehead atoms. The molecule has 1 aromatic rings. The van der Waals surface area contributed by atoms with Gasteiger partial charge in [0.2, 0.25) is 0 Å². The first-order valence-electron chi connectivity index (χ1n) is 7.19. The van der Waals surface area contributed by atoms with Crippen LogP contribution in [0.3, 0.4) is 0 Å². The molecule has 1 aromatic carbocycles. The molecule has 0 radical (unpaired) electrons. The molecule has 1 fully saturated rings. The zero-order valence-corrected chi connectivity index (χ0v) is 12.9. The van der Waals surface area contributed by atoms with Crippen LogP contribution in [0.4, 0.5) is 0 Å². The SMILES string of the molecule is CCOc1ccc(C(C)NC2CCS(=O)(=O)CC2)cc1. The van der Waals surface area contributed by atoms with Crippen LogP contribution in [-0.4, -0.2) is 32.6 Å². The smallest absolute Gasteiger partial charge is 0.150 e. The average Bonchev–Trinajstić information content (AvgIpc) is 2.42. The number of rotatable bonds is 5. The monoisotopic (exact) mass is 297 g/mol. The highest BCUT2D eigenvalue weighted by atomic mass is 32.2. The summed E-state index contributed by atoms with van der Waals surface area (Å²) >= 11 is 0. The number of nitrogens with one attached hydrogen (secondary N) is 1. The van der Waals surface area contributed by atoms with Gasteiger partial charge < -0.3 is 10.1 Å². The van der Waals surface area contributed by atoms with E-state index < -0.39 is 9.84 Å². The normalized spacial score (nSPS) is 20.5. The third-order valence-corrected chi connectivity index (χ3v) is 5.45. The van der Waals surface area contributed by atoms with Gasteiger partial charge in [-0.15, -0.1) is 0 Å². The number of sulfone groups is 1. The van der Waals surface area contributed by atoms with Gasteiger partial charge in [0.1, 0.15) is 15.6 Å². The van der Waals surface area contributed by atoms with Gasteiger partial charge in [0.05, 0.1) is 18.1 Å². The fraction of sp³-hybridized carbons (Fsp3) is 0.600. The minimum absolute atomic E-state index is 0.219. The molecule has 1 N–H and O–H groups in total. The van der Waals surface area contributed by atoms with Crippen molar-refractivity contribution in [1.82, 2.24) is 5.32 Å². The van der Waals surface area contributed by atoms with Gasteiger partial charge in [0, 0.05) is 12.1 Å². The van der Waals surface area contributed by atoms with Gasteiger partial charge in [0.25, 0.3) is 0 Å². The van der Waals surface area contributed by atoms with Crippen molar-refractivity contribution in [3.8, 4) is 5.75 Å². The molecule has 112 valence electrons. The second kappa shape index (κ2) is 6.59. The third kappa shape index (κ3) is 4.21. The molecule has 4 nitrogen and oxygen atoms in total. The summed E-state index contributed by atoms with van der Waals surface area (Å²) in [5, 5.41) is 3.52. The van der Waals surface area contributed by atoms with Crippen molar-refractivity contribution in [2.24, 2.45) is 0 Å². The van der Waals surface area contributed by atoms with E-state index in [4.69, 9.17) is 4.74 Å².